The fraction of sp³-hybridized carbons (Fsp3) is 0.200. The lowest BCUT2D eigenvalue weighted by Gasteiger charge is -2.28. The van der Waals surface area contributed by atoms with Crippen LogP contribution in [-0.2, 0) is 0 Å². The first kappa shape index (κ1) is 13.4. The van der Waals surface area contributed by atoms with Crippen LogP contribution in [0.5, 0.6) is 5.75 Å². The van der Waals surface area contributed by atoms with Crippen molar-refractivity contribution in [1.29, 1.82) is 0 Å². The number of ether oxygens (including phenoxy) is 1. The average molecular weight is 340 g/mol. The molecule has 2 aromatic rings. The van der Waals surface area contributed by atoms with Crippen molar-refractivity contribution in [2.75, 3.05) is 11.9 Å². The lowest BCUT2D eigenvalue weighted by atomic mass is 10.0. The van der Waals surface area contributed by atoms with E-state index in [1.165, 1.54) is 6.07 Å². The molecule has 1 atom stereocenters. The molecule has 1 N–H and O–H groups in total. The minimum absolute atomic E-state index is 0.0591. The number of hydrogen-bond acceptors (Lipinski definition) is 2. The molecule has 104 valence electrons. The lowest BCUT2D eigenvalue weighted by molar-refractivity contribution is 0.274. The Balaban J connectivity index is 1.94. The number of fused-ring (bicyclic) bond motifs is 1. The third-order valence-corrected chi connectivity index (χ3v) is 3.91. The molecule has 1 aliphatic heterocycles. The van der Waals surface area contributed by atoms with Gasteiger partial charge in [0.25, 0.3) is 0 Å². The number of para-hydroxylation sites is 1. The number of halogens is 3. The molecule has 2 nitrogen and oxygen atoms in total. The van der Waals surface area contributed by atoms with Crippen LogP contribution >= 0.6 is 15.9 Å². The second-order valence-corrected chi connectivity index (χ2v) is 5.47. The molecule has 0 aromatic heterocycles. The fourth-order valence-corrected chi connectivity index (χ4v) is 2.87. The van der Waals surface area contributed by atoms with Gasteiger partial charge >= 0.3 is 0 Å². The highest BCUT2D eigenvalue weighted by atomic mass is 79.9. The summed E-state index contributed by atoms with van der Waals surface area (Å²) in [5, 5.41) is 3.13. The predicted molar refractivity (Wildman–Crippen MR) is 77.0 cm³/mol. The molecule has 0 radical (unpaired) electrons. The number of anilines is 1. The molecule has 0 saturated carbocycles. The van der Waals surface area contributed by atoms with Gasteiger partial charge in [-0.05, 0) is 28.1 Å². The maximum absolute atomic E-state index is 13.9. The SMILES string of the molecule is Fc1cc(F)c(NC2CCOc3ccccc32)c(Br)c1. The molecule has 1 heterocycles. The van der Waals surface area contributed by atoms with Crippen LogP contribution in [-0.4, -0.2) is 6.61 Å². The van der Waals surface area contributed by atoms with Crippen LogP contribution in [0.4, 0.5) is 14.5 Å². The second-order valence-electron chi connectivity index (χ2n) is 4.62. The molecular weight excluding hydrogens is 328 g/mol. The zero-order valence-electron chi connectivity index (χ0n) is 10.5. The van der Waals surface area contributed by atoms with Crippen molar-refractivity contribution in [3.8, 4) is 5.75 Å². The standard InChI is InChI=1S/C15H12BrF2NO/c16-11-7-9(17)8-12(18)15(11)19-13-5-6-20-14-4-2-1-3-10(13)14/h1-4,7-8,13,19H,5-6H2. The van der Waals surface area contributed by atoms with Gasteiger partial charge in [-0.3, -0.25) is 0 Å². The first-order chi connectivity index (χ1) is 9.65. The zero-order chi connectivity index (χ0) is 14.1. The Kier molecular flexibility index (Phi) is 3.61. The maximum atomic E-state index is 13.9. The minimum atomic E-state index is -0.610. The van der Waals surface area contributed by atoms with Crippen molar-refractivity contribution in [3.05, 3.63) is 58.1 Å². The smallest absolute Gasteiger partial charge is 0.150 e. The Morgan fingerprint density at radius 2 is 2.00 bits per heavy atom. The van der Waals surface area contributed by atoms with Crippen molar-refractivity contribution < 1.29 is 13.5 Å². The molecule has 0 fully saturated rings. The summed E-state index contributed by atoms with van der Waals surface area (Å²) in [5.41, 5.74) is 1.25. The third kappa shape index (κ3) is 2.50. The lowest BCUT2D eigenvalue weighted by Crippen LogP contribution is -2.21. The van der Waals surface area contributed by atoms with Crippen LogP contribution in [0, 0.1) is 11.6 Å². The fourth-order valence-electron chi connectivity index (χ4n) is 2.35. The molecule has 5 heteroatoms. The third-order valence-electron chi connectivity index (χ3n) is 3.28. The summed E-state index contributed by atoms with van der Waals surface area (Å²) in [6.07, 6.45) is 0.722. The summed E-state index contributed by atoms with van der Waals surface area (Å²) in [4.78, 5) is 0. The number of hydrogen-bond donors (Lipinski definition) is 1. The Hall–Kier alpha value is -1.62. The van der Waals surface area contributed by atoms with E-state index in [9.17, 15) is 8.78 Å². The summed E-state index contributed by atoms with van der Waals surface area (Å²) in [6, 6.07) is 9.71. The number of benzene rings is 2. The molecule has 2 aromatic carbocycles. The van der Waals surface area contributed by atoms with E-state index in [-0.39, 0.29) is 11.7 Å². The highest BCUT2D eigenvalue weighted by Gasteiger charge is 2.22. The summed E-state index contributed by atoms with van der Waals surface area (Å²) < 4.78 is 32.9. The van der Waals surface area contributed by atoms with Crippen LogP contribution < -0.4 is 10.1 Å². The molecule has 0 amide bonds. The first-order valence-electron chi connectivity index (χ1n) is 6.28. The van der Waals surface area contributed by atoms with Crippen LogP contribution in [0.2, 0.25) is 0 Å². The Bertz CT molecular complexity index is 625. The zero-order valence-corrected chi connectivity index (χ0v) is 12.1. The Morgan fingerprint density at radius 1 is 1.20 bits per heavy atom. The highest BCUT2D eigenvalue weighted by molar-refractivity contribution is 9.10. The van der Waals surface area contributed by atoms with E-state index >= 15 is 0 Å². The van der Waals surface area contributed by atoms with Crippen molar-refractivity contribution in [2.45, 2.75) is 12.5 Å². The topological polar surface area (TPSA) is 21.3 Å². The van der Waals surface area contributed by atoms with Gasteiger partial charge in [0.2, 0.25) is 0 Å². The van der Waals surface area contributed by atoms with Crippen molar-refractivity contribution in [2.24, 2.45) is 0 Å². The van der Waals surface area contributed by atoms with Gasteiger partial charge in [0.1, 0.15) is 17.4 Å². The van der Waals surface area contributed by atoms with Gasteiger partial charge in [0, 0.05) is 22.5 Å². The molecule has 0 saturated heterocycles. The quantitative estimate of drug-likeness (QED) is 0.858. The molecule has 3 rings (SSSR count). The van der Waals surface area contributed by atoms with Gasteiger partial charge in [0.05, 0.1) is 18.3 Å². The second kappa shape index (κ2) is 5.40. The number of rotatable bonds is 2. The van der Waals surface area contributed by atoms with Crippen molar-refractivity contribution >= 4 is 21.6 Å². The van der Waals surface area contributed by atoms with Crippen molar-refractivity contribution in [3.63, 3.8) is 0 Å². The van der Waals surface area contributed by atoms with E-state index in [1.54, 1.807) is 0 Å². The molecular formula is C15H12BrF2NO. The van der Waals surface area contributed by atoms with Crippen LogP contribution in [0.3, 0.4) is 0 Å². The molecule has 20 heavy (non-hydrogen) atoms. The Morgan fingerprint density at radius 3 is 2.80 bits per heavy atom. The minimum Gasteiger partial charge on any atom is -0.493 e. The van der Waals surface area contributed by atoms with E-state index in [2.05, 4.69) is 21.2 Å². The van der Waals surface area contributed by atoms with E-state index in [4.69, 9.17) is 4.74 Å². The summed E-state index contributed by atoms with van der Waals surface area (Å²) in [6.45, 7) is 0.565. The Labute approximate surface area is 123 Å². The van der Waals surface area contributed by atoms with E-state index in [0.717, 1.165) is 23.8 Å². The summed E-state index contributed by atoms with van der Waals surface area (Å²) in [7, 11) is 0. The van der Waals surface area contributed by atoms with Gasteiger partial charge < -0.3 is 10.1 Å². The normalized spacial score (nSPS) is 17.2. The van der Waals surface area contributed by atoms with Crippen LogP contribution in [0.25, 0.3) is 0 Å². The molecule has 1 unspecified atom stereocenters. The van der Waals surface area contributed by atoms with E-state index < -0.39 is 11.6 Å². The van der Waals surface area contributed by atoms with Gasteiger partial charge in [-0.25, -0.2) is 8.78 Å². The van der Waals surface area contributed by atoms with Crippen LogP contribution in [0.15, 0.2) is 40.9 Å². The van der Waals surface area contributed by atoms with E-state index in [0.29, 0.717) is 11.1 Å². The summed E-state index contributed by atoms with van der Waals surface area (Å²) >= 11 is 3.19. The first-order valence-corrected chi connectivity index (χ1v) is 7.07. The predicted octanol–water partition coefficient (Wildman–Crippen LogP) is 4.66. The maximum Gasteiger partial charge on any atom is 0.150 e. The van der Waals surface area contributed by atoms with Crippen LogP contribution in [0.1, 0.15) is 18.0 Å². The molecule has 0 spiro atoms. The molecule has 0 aliphatic carbocycles. The van der Waals surface area contributed by atoms with Gasteiger partial charge in [0.15, 0.2) is 0 Å². The van der Waals surface area contributed by atoms with Gasteiger partial charge in [-0.2, -0.15) is 0 Å². The highest BCUT2D eigenvalue weighted by Crippen LogP contribution is 2.36. The number of nitrogens with one attached hydrogen (secondary N) is 1. The average Bonchev–Trinajstić information content (AvgIpc) is 2.43. The molecule has 1 aliphatic rings. The monoisotopic (exact) mass is 339 g/mol. The largest absolute Gasteiger partial charge is 0.493 e. The van der Waals surface area contributed by atoms with Gasteiger partial charge in [-0.1, -0.05) is 18.2 Å². The van der Waals surface area contributed by atoms with Gasteiger partial charge in [-0.15, -0.1) is 0 Å². The molecule has 0 bridgehead atoms. The summed E-state index contributed by atoms with van der Waals surface area (Å²) in [5.74, 6) is -0.414. The van der Waals surface area contributed by atoms with E-state index in [1.807, 2.05) is 24.3 Å². The van der Waals surface area contributed by atoms with Crippen molar-refractivity contribution in [1.82, 2.24) is 0 Å².